The number of anilines is 1. The highest BCUT2D eigenvalue weighted by Crippen LogP contribution is 2.28. The van der Waals surface area contributed by atoms with Crippen molar-refractivity contribution < 1.29 is 18.4 Å². The summed E-state index contributed by atoms with van der Waals surface area (Å²) in [5.74, 6) is -2.55. The first kappa shape index (κ1) is 20.4. The number of halogens is 2. The fourth-order valence-corrected chi connectivity index (χ4v) is 3.98. The third kappa shape index (κ3) is 4.32. The molecule has 5 nitrogen and oxygen atoms in total. The largest absolute Gasteiger partial charge is 0.297 e. The summed E-state index contributed by atoms with van der Waals surface area (Å²) in [6, 6.07) is 12.4. The van der Waals surface area contributed by atoms with Gasteiger partial charge in [-0.15, -0.1) is 0 Å². The van der Waals surface area contributed by atoms with E-state index in [-0.39, 0.29) is 12.1 Å². The summed E-state index contributed by atoms with van der Waals surface area (Å²) < 4.78 is 27.3. The lowest BCUT2D eigenvalue weighted by Gasteiger charge is -2.36. The first-order valence-corrected chi connectivity index (χ1v) is 10.0. The molecule has 0 aromatic heterocycles. The molecular weight excluding hydrogens is 388 g/mol. The fraction of sp³-hybridized carbons (Fsp3) is 0.304. The third-order valence-corrected chi connectivity index (χ3v) is 5.59. The zero-order valence-electron chi connectivity index (χ0n) is 16.5. The molecule has 0 aliphatic carbocycles. The molecule has 156 valence electrons. The highest BCUT2D eigenvalue weighted by molar-refractivity contribution is 6.22. The summed E-state index contributed by atoms with van der Waals surface area (Å²) in [4.78, 5) is 30.4. The molecule has 1 atom stereocenters. The minimum atomic E-state index is -0.910. The topological polar surface area (TPSA) is 43.9 Å². The molecule has 2 aromatic rings. The first-order valence-electron chi connectivity index (χ1n) is 10.0. The van der Waals surface area contributed by atoms with E-state index >= 15 is 0 Å². The molecule has 0 radical (unpaired) electrons. The van der Waals surface area contributed by atoms with Gasteiger partial charge in [0.1, 0.15) is 11.6 Å². The normalized spacial score (nSPS) is 21.1. The molecule has 2 saturated heterocycles. The zero-order valence-corrected chi connectivity index (χ0v) is 16.5. The van der Waals surface area contributed by atoms with E-state index in [0.717, 1.165) is 42.2 Å². The molecule has 1 unspecified atom stereocenters. The van der Waals surface area contributed by atoms with Crippen LogP contribution in [0.2, 0.25) is 0 Å². The minimum Gasteiger partial charge on any atom is -0.297 e. The van der Waals surface area contributed by atoms with Crippen molar-refractivity contribution in [3.63, 3.8) is 0 Å². The summed E-state index contributed by atoms with van der Waals surface area (Å²) in [5.41, 5.74) is 0.970. The molecule has 0 spiro atoms. The molecule has 2 aliphatic heterocycles. The summed E-state index contributed by atoms with van der Waals surface area (Å²) in [6.45, 7) is 3.68. The number of hydrogen-bond donors (Lipinski definition) is 0. The summed E-state index contributed by atoms with van der Waals surface area (Å²) in [5, 5.41) is 0. The van der Waals surface area contributed by atoms with Gasteiger partial charge in [0.2, 0.25) is 5.91 Å². The molecule has 2 aliphatic rings. The number of carbonyl (C=O) groups excluding carboxylic acids is 2. The van der Waals surface area contributed by atoms with E-state index in [9.17, 15) is 18.4 Å². The molecule has 2 fully saturated rings. The van der Waals surface area contributed by atoms with Gasteiger partial charge in [-0.2, -0.15) is 0 Å². The van der Waals surface area contributed by atoms with Crippen LogP contribution >= 0.6 is 0 Å². The zero-order chi connectivity index (χ0) is 21.1. The van der Waals surface area contributed by atoms with E-state index in [1.807, 2.05) is 35.2 Å². The summed E-state index contributed by atoms with van der Waals surface area (Å²) in [6.07, 6.45) is 4.22. The van der Waals surface area contributed by atoms with Gasteiger partial charge in [-0.05, 0) is 17.7 Å². The van der Waals surface area contributed by atoms with Gasteiger partial charge in [0.25, 0.3) is 5.91 Å². The Labute approximate surface area is 174 Å². The van der Waals surface area contributed by atoms with Crippen LogP contribution < -0.4 is 4.90 Å². The third-order valence-electron chi connectivity index (χ3n) is 5.59. The predicted octanol–water partition coefficient (Wildman–Crippen LogP) is 2.93. The van der Waals surface area contributed by atoms with Crippen LogP contribution in [0.15, 0.2) is 54.6 Å². The van der Waals surface area contributed by atoms with Crippen LogP contribution in [0, 0.1) is 11.6 Å². The number of hydrogen-bond acceptors (Lipinski definition) is 4. The Morgan fingerprint density at radius 2 is 1.70 bits per heavy atom. The number of nitrogens with zero attached hydrogens (tertiary/aromatic N) is 3. The second-order valence-corrected chi connectivity index (χ2v) is 7.53. The lowest BCUT2D eigenvalue weighted by atomic mass is 10.1. The Balaban J connectivity index is 1.34. The van der Waals surface area contributed by atoms with Crippen molar-refractivity contribution in [2.45, 2.75) is 12.5 Å². The quantitative estimate of drug-likeness (QED) is 0.710. The molecule has 7 heteroatoms. The van der Waals surface area contributed by atoms with E-state index in [1.54, 1.807) is 0 Å². The van der Waals surface area contributed by atoms with Crippen molar-refractivity contribution in [1.82, 2.24) is 9.80 Å². The Kier molecular flexibility index (Phi) is 6.01. The molecule has 2 amide bonds. The Bertz CT molecular complexity index is 956. The minimum absolute atomic E-state index is 0.0174. The molecule has 0 N–H and O–H groups in total. The maximum atomic E-state index is 14.1. The van der Waals surface area contributed by atoms with Gasteiger partial charge in [-0.1, -0.05) is 42.5 Å². The van der Waals surface area contributed by atoms with E-state index in [0.29, 0.717) is 19.2 Å². The second kappa shape index (κ2) is 8.85. The van der Waals surface area contributed by atoms with Gasteiger partial charge < -0.3 is 0 Å². The number of amides is 2. The first-order chi connectivity index (χ1) is 14.5. The van der Waals surface area contributed by atoms with Gasteiger partial charge >= 0.3 is 0 Å². The van der Waals surface area contributed by atoms with Crippen LogP contribution in [0.25, 0.3) is 6.08 Å². The van der Waals surface area contributed by atoms with Gasteiger partial charge in [0, 0.05) is 38.8 Å². The fourth-order valence-electron chi connectivity index (χ4n) is 3.98. The molecule has 2 heterocycles. The van der Waals surface area contributed by atoms with Crippen molar-refractivity contribution in [3.05, 3.63) is 71.8 Å². The molecule has 2 aromatic carbocycles. The smallest absolute Gasteiger partial charge is 0.251 e. The molecule has 30 heavy (non-hydrogen) atoms. The van der Waals surface area contributed by atoms with Gasteiger partial charge in [0.15, 0.2) is 0 Å². The average molecular weight is 411 g/mol. The van der Waals surface area contributed by atoms with Gasteiger partial charge in [-0.25, -0.2) is 13.7 Å². The van der Waals surface area contributed by atoms with Gasteiger partial charge in [0.05, 0.1) is 18.2 Å². The SMILES string of the molecule is O=C1CC(N2CCN(C/C=C/c3ccccc3)CC2)C(=O)N1c1ccc(F)cc1F. The molecular formula is C23H23F2N3O2. The molecule has 4 rings (SSSR count). The second-order valence-electron chi connectivity index (χ2n) is 7.53. The van der Waals surface area contributed by atoms with Crippen LogP contribution in [0.1, 0.15) is 12.0 Å². The Morgan fingerprint density at radius 1 is 0.967 bits per heavy atom. The van der Waals surface area contributed by atoms with E-state index in [1.165, 1.54) is 0 Å². The van der Waals surface area contributed by atoms with Crippen LogP contribution in [0.5, 0.6) is 0 Å². The maximum Gasteiger partial charge on any atom is 0.251 e. The number of piperazine rings is 1. The number of benzene rings is 2. The van der Waals surface area contributed by atoms with Crippen molar-refractivity contribution >= 4 is 23.6 Å². The molecule has 0 bridgehead atoms. The summed E-state index contributed by atoms with van der Waals surface area (Å²) in [7, 11) is 0. The monoisotopic (exact) mass is 411 g/mol. The van der Waals surface area contributed by atoms with Crippen molar-refractivity contribution in [2.75, 3.05) is 37.6 Å². The lowest BCUT2D eigenvalue weighted by molar-refractivity contribution is -0.123. The summed E-state index contributed by atoms with van der Waals surface area (Å²) >= 11 is 0. The van der Waals surface area contributed by atoms with E-state index < -0.39 is 29.5 Å². The highest BCUT2D eigenvalue weighted by Gasteiger charge is 2.44. The Morgan fingerprint density at radius 3 is 2.40 bits per heavy atom. The van der Waals surface area contributed by atoms with E-state index in [2.05, 4.69) is 17.1 Å². The lowest BCUT2D eigenvalue weighted by Crippen LogP contribution is -2.52. The average Bonchev–Trinajstić information content (AvgIpc) is 3.04. The number of carbonyl (C=O) groups is 2. The van der Waals surface area contributed by atoms with E-state index in [4.69, 9.17) is 0 Å². The van der Waals surface area contributed by atoms with Crippen LogP contribution in [0.3, 0.4) is 0 Å². The highest BCUT2D eigenvalue weighted by atomic mass is 19.1. The van der Waals surface area contributed by atoms with Crippen molar-refractivity contribution in [1.29, 1.82) is 0 Å². The number of imide groups is 1. The molecule has 0 saturated carbocycles. The van der Waals surface area contributed by atoms with Crippen molar-refractivity contribution in [3.8, 4) is 0 Å². The number of rotatable bonds is 5. The van der Waals surface area contributed by atoms with Gasteiger partial charge in [-0.3, -0.25) is 19.4 Å². The maximum absolute atomic E-state index is 14.1. The van der Waals surface area contributed by atoms with Crippen LogP contribution in [-0.2, 0) is 9.59 Å². The van der Waals surface area contributed by atoms with Crippen molar-refractivity contribution in [2.24, 2.45) is 0 Å². The van der Waals surface area contributed by atoms with Crippen LogP contribution in [0.4, 0.5) is 14.5 Å². The van der Waals surface area contributed by atoms with Crippen LogP contribution in [-0.4, -0.2) is 60.4 Å². The standard InChI is InChI=1S/C23H23F2N3O2/c24-18-8-9-20(19(25)15-18)28-22(29)16-21(23(28)30)27-13-11-26(12-14-27)10-4-7-17-5-2-1-3-6-17/h1-9,15,21H,10-14,16H2/b7-4+. The predicted molar refractivity (Wildman–Crippen MR) is 111 cm³/mol. The Hall–Kier alpha value is -2.90.